The predicted molar refractivity (Wildman–Crippen MR) is 91.6 cm³/mol. The number of nitrogens with zero attached hydrogens (tertiary/aromatic N) is 4. The van der Waals surface area contributed by atoms with E-state index in [9.17, 15) is 4.39 Å². The molecule has 6 nitrogen and oxygen atoms in total. The molecule has 7 heteroatoms. The fraction of sp³-hybridized carbons (Fsp3) is 0.368. The van der Waals surface area contributed by atoms with Gasteiger partial charge in [0.15, 0.2) is 0 Å². The molecule has 0 aliphatic carbocycles. The lowest BCUT2D eigenvalue weighted by Crippen LogP contribution is -2.48. The van der Waals surface area contributed by atoms with Gasteiger partial charge in [0, 0.05) is 13.1 Å². The minimum Gasteiger partial charge on any atom is -0.460 e. The van der Waals surface area contributed by atoms with Crippen molar-refractivity contribution in [3.63, 3.8) is 0 Å². The van der Waals surface area contributed by atoms with Crippen molar-refractivity contribution in [2.75, 3.05) is 13.1 Å². The summed E-state index contributed by atoms with van der Waals surface area (Å²) in [6.07, 6.45) is 2.84. The largest absolute Gasteiger partial charge is 0.460 e. The van der Waals surface area contributed by atoms with Gasteiger partial charge < -0.3 is 9.15 Å². The molecule has 0 N–H and O–H groups in total. The fourth-order valence-corrected chi connectivity index (χ4v) is 3.88. The van der Waals surface area contributed by atoms with Crippen molar-refractivity contribution < 1.29 is 13.5 Å². The van der Waals surface area contributed by atoms with Crippen molar-refractivity contribution in [1.82, 2.24) is 19.9 Å². The minimum atomic E-state index is -0.270. The first-order valence-electron chi connectivity index (χ1n) is 8.84. The second-order valence-electron chi connectivity index (χ2n) is 6.86. The van der Waals surface area contributed by atoms with E-state index >= 15 is 0 Å². The van der Waals surface area contributed by atoms with E-state index in [0.29, 0.717) is 24.5 Å². The Bertz CT molecular complexity index is 922. The molecule has 0 unspecified atom stereocenters. The smallest absolute Gasteiger partial charge is 0.137 e. The van der Waals surface area contributed by atoms with Crippen molar-refractivity contribution in [1.29, 1.82) is 0 Å². The van der Waals surface area contributed by atoms with E-state index in [2.05, 4.69) is 15.2 Å². The van der Waals surface area contributed by atoms with Crippen LogP contribution >= 0.6 is 0 Å². The second-order valence-corrected chi connectivity index (χ2v) is 6.86. The summed E-state index contributed by atoms with van der Waals surface area (Å²) >= 11 is 0. The van der Waals surface area contributed by atoms with Gasteiger partial charge in [-0.3, -0.25) is 4.90 Å². The molecular weight excluding hydrogens is 335 g/mol. The molecule has 0 radical (unpaired) electrons. The van der Waals surface area contributed by atoms with Gasteiger partial charge in [0.05, 0.1) is 42.8 Å². The van der Waals surface area contributed by atoms with Crippen LogP contribution in [-0.2, 0) is 17.9 Å². The highest BCUT2D eigenvalue weighted by molar-refractivity contribution is 5.58. The molecule has 3 aromatic rings. The first-order chi connectivity index (χ1) is 12.8. The fourth-order valence-electron chi connectivity index (χ4n) is 3.88. The summed E-state index contributed by atoms with van der Waals surface area (Å²) in [5, 5.41) is 8.20. The van der Waals surface area contributed by atoms with Gasteiger partial charge in [-0.05, 0) is 30.7 Å². The molecule has 0 amide bonds. The summed E-state index contributed by atoms with van der Waals surface area (Å²) < 4.78 is 27.8. The molecule has 2 atom stereocenters. The summed E-state index contributed by atoms with van der Waals surface area (Å²) in [6, 6.07) is 10.7. The number of rotatable bonds is 3. The van der Waals surface area contributed by atoms with Crippen molar-refractivity contribution >= 4 is 0 Å². The quantitative estimate of drug-likeness (QED) is 0.724. The second kappa shape index (κ2) is 6.34. The lowest BCUT2D eigenvalue weighted by atomic mass is 10.00. The topological polar surface area (TPSA) is 56.3 Å². The number of likely N-dealkylation sites (tertiary alicyclic amines) is 1. The van der Waals surface area contributed by atoms with Gasteiger partial charge in [-0.25, -0.2) is 9.07 Å². The zero-order chi connectivity index (χ0) is 17.5. The van der Waals surface area contributed by atoms with E-state index in [1.54, 1.807) is 18.3 Å². The summed E-state index contributed by atoms with van der Waals surface area (Å²) in [4.78, 5) is 2.31. The molecular formula is C19H19FN4O2. The summed E-state index contributed by atoms with van der Waals surface area (Å²) in [6.45, 7) is 2.99. The Morgan fingerprint density at radius 1 is 1.19 bits per heavy atom. The Balaban J connectivity index is 1.28. The SMILES string of the molecule is Fc1ccccc1-c1ccc(CN2CC[C@H]3[C@H](C2)OCc2cnnn23)o1. The highest BCUT2D eigenvalue weighted by Gasteiger charge is 2.36. The van der Waals surface area contributed by atoms with Gasteiger partial charge >= 0.3 is 0 Å². The van der Waals surface area contributed by atoms with Crippen LogP contribution in [-0.4, -0.2) is 39.1 Å². The summed E-state index contributed by atoms with van der Waals surface area (Å²) in [5.74, 6) is 1.13. The number of hydrogen-bond donors (Lipinski definition) is 0. The van der Waals surface area contributed by atoms with Crippen LogP contribution in [0.2, 0.25) is 0 Å². The number of fused-ring (bicyclic) bond motifs is 3. The lowest BCUT2D eigenvalue weighted by molar-refractivity contribution is -0.0712. The molecule has 5 rings (SSSR count). The van der Waals surface area contributed by atoms with Crippen LogP contribution in [0.5, 0.6) is 0 Å². The number of ether oxygens (including phenoxy) is 1. The lowest BCUT2D eigenvalue weighted by Gasteiger charge is -2.40. The third-order valence-corrected chi connectivity index (χ3v) is 5.20. The van der Waals surface area contributed by atoms with Crippen LogP contribution in [0.3, 0.4) is 0 Å². The summed E-state index contributed by atoms with van der Waals surface area (Å²) in [7, 11) is 0. The first-order valence-corrected chi connectivity index (χ1v) is 8.84. The molecule has 134 valence electrons. The van der Waals surface area contributed by atoms with Crippen LogP contribution in [0.25, 0.3) is 11.3 Å². The predicted octanol–water partition coefficient (Wildman–Crippen LogP) is 3.02. The van der Waals surface area contributed by atoms with E-state index in [-0.39, 0.29) is 18.0 Å². The van der Waals surface area contributed by atoms with Crippen LogP contribution < -0.4 is 0 Å². The van der Waals surface area contributed by atoms with E-state index in [1.807, 2.05) is 22.9 Å². The zero-order valence-corrected chi connectivity index (χ0v) is 14.2. The van der Waals surface area contributed by atoms with Crippen LogP contribution in [0.1, 0.15) is 23.9 Å². The maximum absolute atomic E-state index is 13.9. The van der Waals surface area contributed by atoms with Gasteiger partial charge in [0.2, 0.25) is 0 Å². The zero-order valence-electron chi connectivity index (χ0n) is 14.2. The number of furan rings is 1. The normalized spacial score (nSPS) is 22.8. The monoisotopic (exact) mass is 354 g/mol. The number of hydrogen-bond acceptors (Lipinski definition) is 5. The van der Waals surface area contributed by atoms with Gasteiger partial charge in [0.25, 0.3) is 0 Å². The Kier molecular flexibility index (Phi) is 3.83. The standard InChI is InChI=1S/C19H19FN4O2/c20-16-4-2-1-3-15(16)18-6-5-14(26-18)10-23-8-7-17-19(11-23)25-12-13-9-21-22-24(13)17/h1-6,9,17,19H,7-8,10-12H2/t17-,19-/m0/s1. The molecule has 26 heavy (non-hydrogen) atoms. The van der Waals surface area contributed by atoms with E-state index in [4.69, 9.17) is 9.15 Å². The Hall–Kier alpha value is -2.51. The molecule has 0 spiro atoms. The van der Waals surface area contributed by atoms with Gasteiger partial charge in [-0.2, -0.15) is 0 Å². The van der Waals surface area contributed by atoms with Gasteiger partial charge in [-0.15, -0.1) is 5.10 Å². The number of aromatic nitrogens is 3. The molecule has 0 saturated carbocycles. The van der Waals surface area contributed by atoms with Crippen molar-refractivity contribution in [3.8, 4) is 11.3 Å². The molecule has 1 saturated heterocycles. The third kappa shape index (κ3) is 2.73. The average molecular weight is 354 g/mol. The van der Waals surface area contributed by atoms with E-state index in [1.165, 1.54) is 6.07 Å². The molecule has 2 aliphatic rings. The van der Waals surface area contributed by atoms with Crippen molar-refractivity contribution in [2.45, 2.75) is 31.7 Å². The first kappa shape index (κ1) is 15.7. The van der Waals surface area contributed by atoms with E-state index in [0.717, 1.165) is 31.0 Å². The van der Waals surface area contributed by atoms with Crippen molar-refractivity contribution in [2.24, 2.45) is 0 Å². The average Bonchev–Trinajstić information content (AvgIpc) is 3.31. The molecule has 1 aromatic carbocycles. The summed E-state index contributed by atoms with van der Waals surface area (Å²) in [5.41, 5.74) is 1.53. The number of piperidine rings is 1. The van der Waals surface area contributed by atoms with Crippen molar-refractivity contribution in [3.05, 3.63) is 59.9 Å². The van der Waals surface area contributed by atoms with Crippen LogP contribution in [0, 0.1) is 5.82 Å². The Labute approximate surface area is 150 Å². The number of halogens is 1. The molecule has 0 bridgehead atoms. The number of benzene rings is 1. The maximum atomic E-state index is 13.9. The van der Waals surface area contributed by atoms with E-state index < -0.39 is 0 Å². The van der Waals surface area contributed by atoms with Crippen LogP contribution in [0.15, 0.2) is 47.0 Å². The Morgan fingerprint density at radius 2 is 2.12 bits per heavy atom. The highest BCUT2D eigenvalue weighted by Crippen LogP contribution is 2.31. The third-order valence-electron chi connectivity index (χ3n) is 5.20. The molecule has 2 aliphatic heterocycles. The highest BCUT2D eigenvalue weighted by atomic mass is 19.1. The Morgan fingerprint density at radius 3 is 3.04 bits per heavy atom. The minimum absolute atomic E-state index is 0.110. The van der Waals surface area contributed by atoms with Gasteiger partial charge in [0.1, 0.15) is 17.3 Å². The molecule has 2 aromatic heterocycles. The molecule has 4 heterocycles. The van der Waals surface area contributed by atoms with Gasteiger partial charge in [-0.1, -0.05) is 17.3 Å². The van der Waals surface area contributed by atoms with Crippen LogP contribution in [0.4, 0.5) is 4.39 Å². The molecule has 1 fully saturated rings. The maximum Gasteiger partial charge on any atom is 0.137 e.